The molecule has 1 heterocycles. The van der Waals surface area contributed by atoms with Crippen molar-refractivity contribution in [1.29, 1.82) is 0 Å². The number of aldehydes is 1. The molecule has 0 aromatic heterocycles. The highest BCUT2D eigenvalue weighted by atomic mass is 16.1. The highest BCUT2D eigenvalue weighted by Gasteiger charge is 2.29. The molecule has 2 nitrogen and oxygen atoms in total. The topological polar surface area (TPSA) is 29.1 Å². The second-order valence-electron chi connectivity index (χ2n) is 3.71. The largest absolute Gasteiger partial charge is 0.315 e. The molecule has 58 valence electrons. The van der Waals surface area contributed by atoms with Crippen LogP contribution in [-0.4, -0.2) is 19.4 Å². The predicted molar refractivity (Wildman–Crippen MR) is 40.8 cm³/mol. The maximum absolute atomic E-state index is 10.6. The minimum Gasteiger partial charge on any atom is -0.315 e. The van der Waals surface area contributed by atoms with Crippen molar-refractivity contribution in [3.05, 3.63) is 0 Å². The molecule has 1 saturated heterocycles. The Morgan fingerprint density at radius 2 is 2.40 bits per heavy atom. The van der Waals surface area contributed by atoms with Gasteiger partial charge in [0.2, 0.25) is 0 Å². The quantitative estimate of drug-likeness (QED) is 0.548. The van der Waals surface area contributed by atoms with Gasteiger partial charge in [0, 0.05) is 12.0 Å². The van der Waals surface area contributed by atoms with Gasteiger partial charge in [-0.15, -0.1) is 0 Å². The van der Waals surface area contributed by atoms with Crippen LogP contribution in [0, 0.1) is 11.3 Å². The summed E-state index contributed by atoms with van der Waals surface area (Å²) in [5.41, 5.74) is -0.0995. The van der Waals surface area contributed by atoms with Crippen molar-refractivity contribution in [3.63, 3.8) is 0 Å². The number of piperidine rings is 1. The Morgan fingerprint density at radius 1 is 1.70 bits per heavy atom. The van der Waals surface area contributed by atoms with E-state index in [1.54, 1.807) is 0 Å². The monoisotopic (exact) mass is 141 g/mol. The Hall–Kier alpha value is -0.370. The van der Waals surface area contributed by atoms with Crippen molar-refractivity contribution >= 4 is 6.29 Å². The van der Waals surface area contributed by atoms with E-state index in [-0.39, 0.29) is 5.41 Å². The van der Waals surface area contributed by atoms with Crippen molar-refractivity contribution in [2.75, 3.05) is 13.1 Å². The zero-order valence-corrected chi connectivity index (χ0v) is 6.68. The molecule has 0 aliphatic carbocycles. The van der Waals surface area contributed by atoms with E-state index in [0.717, 1.165) is 25.8 Å². The summed E-state index contributed by atoms with van der Waals surface area (Å²) in [6, 6.07) is 0. The first kappa shape index (κ1) is 7.73. The first-order chi connectivity index (χ1) is 4.66. The van der Waals surface area contributed by atoms with Gasteiger partial charge in [-0.3, -0.25) is 0 Å². The number of hydrogen-bond acceptors (Lipinski definition) is 2. The molecular weight excluding hydrogens is 126 g/mol. The SMILES string of the molecule is CC1CNCC(C)(C=O)C1. The van der Waals surface area contributed by atoms with Gasteiger partial charge >= 0.3 is 0 Å². The maximum Gasteiger partial charge on any atom is 0.127 e. The van der Waals surface area contributed by atoms with Crippen LogP contribution in [0.4, 0.5) is 0 Å². The summed E-state index contributed by atoms with van der Waals surface area (Å²) in [6.07, 6.45) is 2.11. The molecule has 0 spiro atoms. The summed E-state index contributed by atoms with van der Waals surface area (Å²) in [5, 5.41) is 3.24. The second kappa shape index (κ2) is 2.70. The standard InChI is InChI=1S/C8H15NO/c1-7-3-8(2,6-10)5-9-4-7/h6-7,9H,3-5H2,1-2H3. The summed E-state index contributed by atoms with van der Waals surface area (Å²) < 4.78 is 0. The zero-order valence-electron chi connectivity index (χ0n) is 6.68. The van der Waals surface area contributed by atoms with Gasteiger partial charge < -0.3 is 10.1 Å². The Balaban J connectivity index is 2.53. The first-order valence-electron chi connectivity index (χ1n) is 3.83. The summed E-state index contributed by atoms with van der Waals surface area (Å²) >= 11 is 0. The summed E-state index contributed by atoms with van der Waals surface area (Å²) in [6.45, 7) is 6.10. The Kier molecular flexibility index (Phi) is 2.09. The predicted octanol–water partition coefficient (Wildman–Crippen LogP) is 0.821. The van der Waals surface area contributed by atoms with E-state index in [9.17, 15) is 4.79 Å². The fourth-order valence-corrected chi connectivity index (χ4v) is 1.63. The molecule has 1 aliphatic rings. The van der Waals surface area contributed by atoms with Gasteiger partial charge in [-0.2, -0.15) is 0 Å². The third-order valence-electron chi connectivity index (χ3n) is 2.12. The molecule has 0 aromatic carbocycles. The van der Waals surface area contributed by atoms with Gasteiger partial charge in [0.05, 0.1) is 0 Å². The van der Waals surface area contributed by atoms with E-state index in [0.29, 0.717) is 5.92 Å². The molecule has 10 heavy (non-hydrogen) atoms. The van der Waals surface area contributed by atoms with Gasteiger partial charge in [-0.25, -0.2) is 0 Å². The van der Waals surface area contributed by atoms with Gasteiger partial charge in [-0.1, -0.05) is 13.8 Å². The molecule has 0 radical (unpaired) electrons. The number of carbonyl (C=O) groups is 1. The number of carbonyl (C=O) groups excluding carboxylic acids is 1. The van der Waals surface area contributed by atoms with Crippen LogP contribution in [0.2, 0.25) is 0 Å². The molecule has 2 unspecified atom stereocenters. The molecule has 1 fully saturated rings. The summed E-state index contributed by atoms with van der Waals surface area (Å²) in [5.74, 6) is 0.643. The highest BCUT2D eigenvalue weighted by Crippen LogP contribution is 2.25. The minimum absolute atomic E-state index is 0.0995. The van der Waals surface area contributed by atoms with Crippen LogP contribution in [0.15, 0.2) is 0 Å². The molecule has 1 aliphatic heterocycles. The fraction of sp³-hybridized carbons (Fsp3) is 0.875. The van der Waals surface area contributed by atoms with Gasteiger partial charge in [0.25, 0.3) is 0 Å². The van der Waals surface area contributed by atoms with Gasteiger partial charge in [0.15, 0.2) is 0 Å². The van der Waals surface area contributed by atoms with E-state index >= 15 is 0 Å². The summed E-state index contributed by atoms with van der Waals surface area (Å²) in [4.78, 5) is 10.6. The molecule has 2 atom stereocenters. The van der Waals surface area contributed by atoms with Crippen LogP contribution >= 0.6 is 0 Å². The third-order valence-corrected chi connectivity index (χ3v) is 2.12. The summed E-state index contributed by atoms with van der Waals surface area (Å²) in [7, 11) is 0. The van der Waals surface area contributed by atoms with E-state index in [1.165, 1.54) is 0 Å². The maximum atomic E-state index is 10.6. The van der Waals surface area contributed by atoms with E-state index in [2.05, 4.69) is 12.2 Å². The van der Waals surface area contributed by atoms with Crippen LogP contribution in [0.1, 0.15) is 20.3 Å². The number of nitrogens with one attached hydrogen (secondary N) is 1. The lowest BCUT2D eigenvalue weighted by molar-refractivity contribution is -0.116. The van der Waals surface area contributed by atoms with E-state index in [4.69, 9.17) is 0 Å². The Labute approximate surface area is 62.0 Å². The molecule has 0 aromatic rings. The third kappa shape index (κ3) is 1.57. The minimum atomic E-state index is -0.0995. The first-order valence-corrected chi connectivity index (χ1v) is 3.83. The molecule has 1 N–H and O–H groups in total. The van der Waals surface area contributed by atoms with Crippen molar-refractivity contribution in [3.8, 4) is 0 Å². The lowest BCUT2D eigenvalue weighted by Gasteiger charge is -2.32. The van der Waals surface area contributed by atoms with Crippen LogP contribution in [0.5, 0.6) is 0 Å². The average Bonchev–Trinajstić information content (AvgIpc) is 1.88. The zero-order chi connectivity index (χ0) is 7.61. The van der Waals surface area contributed by atoms with Crippen molar-refractivity contribution in [1.82, 2.24) is 5.32 Å². The Bertz CT molecular complexity index is 135. The lowest BCUT2D eigenvalue weighted by atomic mass is 9.80. The normalized spacial score (nSPS) is 41.2. The van der Waals surface area contributed by atoms with Gasteiger partial charge in [0.1, 0.15) is 6.29 Å². The number of rotatable bonds is 1. The average molecular weight is 141 g/mol. The van der Waals surface area contributed by atoms with Crippen LogP contribution < -0.4 is 5.32 Å². The number of hydrogen-bond donors (Lipinski definition) is 1. The molecule has 1 rings (SSSR count). The van der Waals surface area contributed by atoms with Crippen LogP contribution in [0.3, 0.4) is 0 Å². The van der Waals surface area contributed by atoms with Gasteiger partial charge in [-0.05, 0) is 18.9 Å². The smallest absolute Gasteiger partial charge is 0.127 e. The molecule has 0 amide bonds. The second-order valence-corrected chi connectivity index (χ2v) is 3.71. The highest BCUT2D eigenvalue weighted by molar-refractivity contribution is 5.59. The van der Waals surface area contributed by atoms with E-state index < -0.39 is 0 Å². The molecular formula is C8H15NO. The fourth-order valence-electron chi connectivity index (χ4n) is 1.63. The van der Waals surface area contributed by atoms with Crippen LogP contribution in [0.25, 0.3) is 0 Å². The van der Waals surface area contributed by atoms with Crippen molar-refractivity contribution < 1.29 is 4.79 Å². The van der Waals surface area contributed by atoms with Crippen LogP contribution in [-0.2, 0) is 4.79 Å². The molecule has 2 heteroatoms. The Morgan fingerprint density at radius 3 is 2.80 bits per heavy atom. The van der Waals surface area contributed by atoms with Crippen molar-refractivity contribution in [2.45, 2.75) is 20.3 Å². The lowest BCUT2D eigenvalue weighted by Crippen LogP contribution is -2.42. The van der Waals surface area contributed by atoms with E-state index in [1.807, 2.05) is 6.92 Å². The molecule has 0 saturated carbocycles. The van der Waals surface area contributed by atoms with Crippen molar-refractivity contribution in [2.24, 2.45) is 11.3 Å². The molecule has 0 bridgehead atoms.